The van der Waals surface area contributed by atoms with Crippen LogP contribution in [0.4, 0.5) is 0 Å². The third-order valence-electron chi connectivity index (χ3n) is 4.59. The molecule has 0 bridgehead atoms. The summed E-state index contributed by atoms with van der Waals surface area (Å²) >= 11 is 0. The molecule has 0 saturated heterocycles. The predicted molar refractivity (Wildman–Crippen MR) is 86.8 cm³/mol. The van der Waals surface area contributed by atoms with E-state index in [2.05, 4.69) is 12.1 Å². The number of Topliss-reactive ketones (excluding diaryl/α,β-unsaturated/α-hetero) is 2. The van der Waals surface area contributed by atoms with Gasteiger partial charge in [-0.25, -0.2) is 0 Å². The van der Waals surface area contributed by atoms with Crippen molar-refractivity contribution in [3.63, 3.8) is 0 Å². The number of hydrogen-bond donors (Lipinski definition) is 0. The van der Waals surface area contributed by atoms with E-state index in [1.54, 1.807) is 0 Å². The van der Waals surface area contributed by atoms with Gasteiger partial charge in [-0.15, -0.1) is 0 Å². The highest BCUT2D eigenvalue weighted by Gasteiger charge is 2.35. The summed E-state index contributed by atoms with van der Waals surface area (Å²) in [6.45, 7) is 0. The summed E-state index contributed by atoms with van der Waals surface area (Å²) in [5.74, 6) is 0.514. The highest BCUT2D eigenvalue weighted by Crippen LogP contribution is 2.34. The predicted octanol–water partition coefficient (Wildman–Crippen LogP) is 4.10. The molecule has 1 fully saturated rings. The number of hydrogen-bond acceptors (Lipinski definition) is 2. The van der Waals surface area contributed by atoms with Crippen LogP contribution in [0.2, 0.25) is 0 Å². The minimum Gasteiger partial charge on any atom is -0.299 e. The zero-order valence-electron chi connectivity index (χ0n) is 12.6. The first-order valence-electron chi connectivity index (χ1n) is 7.89. The maximum atomic E-state index is 12.4. The Hall–Kier alpha value is -2.22. The Morgan fingerprint density at radius 2 is 1.59 bits per heavy atom. The molecule has 0 N–H and O–H groups in total. The summed E-state index contributed by atoms with van der Waals surface area (Å²) in [5.41, 5.74) is 1.96. The van der Waals surface area contributed by atoms with E-state index in [0.29, 0.717) is 24.3 Å². The van der Waals surface area contributed by atoms with Gasteiger partial charge in [0, 0.05) is 24.3 Å². The number of ketones is 2. The summed E-state index contributed by atoms with van der Waals surface area (Å²) in [4.78, 5) is 24.6. The summed E-state index contributed by atoms with van der Waals surface area (Å²) in [6, 6.07) is 19.5. The second kappa shape index (κ2) is 6.69. The molecule has 2 aromatic carbocycles. The van der Waals surface area contributed by atoms with Crippen molar-refractivity contribution in [1.82, 2.24) is 0 Å². The summed E-state index contributed by atoms with van der Waals surface area (Å²) in [5, 5.41) is 0. The summed E-state index contributed by atoms with van der Waals surface area (Å²) in [7, 11) is 0. The fraction of sp³-hybridized carbons (Fsp3) is 0.300. The summed E-state index contributed by atoms with van der Waals surface area (Å²) < 4.78 is 0. The van der Waals surface area contributed by atoms with E-state index in [-0.39, 0.29) is 17.5 Å². The van der Waals surface area contributed by atoms with E-state index in [1.807, 2.05) is 48.5 Å². The fourth-order valence-electron chi connectivity index (χ4n) is 3.36. The van der Waals surface area contributed by atoms with Crippen LogP contribution in [0.15, 0.2) is 60.7 Å². The molecule has 1 aliphatic carbocycles. The third-order valence-corrected chi connectivity index (χ3v) is 4.59. The molecule has 112 valence electrons. The first-order chi connectivity index (χ1) is 10.7. The Morgan fingerprint density at radius 3 is 2.27 bits per heavy atom. The van der Waals surface area contributed by atoms with Gasteiger partial charge in [-0.1, -0.05) is 60.7 Å². The van der Waals surface area contributed by atoms with E-state index in [1.165, 1.54) is 5.56 Å². The molecule has 2 aromatic rings. The zero-order chi connectivity index (χ0) is 15.4. The van der Waals surface area contributed by atoms with Crippen LogP contribution in [0.1, 0.15) is 35.2 Å². The van der Waals surface area contributed by atoms with Gasteiger partial charge in [0.1, 0.15) is 5.78 Å². The van der Waals surface area contributed by atoms with Crippen molar-refractivity contribution in [3.05, 3.63) is 71.8 Å². The van der Waals surface area contributed by atoms with Crippen molar-refractivity contribution in [3.8, 4) is 0 Å². The van der Waals surface area contributed by atoms with Crippen LogP contribution < -0.4 is 0 Å². The maximum Gasteiger partial charge on any atom is 0.163 e. The van der Waals surface area contributed by atoms with Gasteiger partial charge in [-0.3, -0.25) is 9.59 Å². The van der Waals surface area contributed by atoms with Crippen molar-refractivity contribution in [2.75, 3.05) is 0 Å². The molecule has 0 spiro atoms. The van der Waals surface area contributed by atoms with Crippen LogP contribution in [-0.4, -0.2) is 11.6 Å². The van der Waals surface area contributed by atoms with Gasteiger partial charge in [0.2, 0.25) is 0 Å². The molecule has 2 atom stereocenters. The maximum absolute atomic E-state index is 12.4. The van der Waals surface area contributed by atoms with Crippen molar-refractivity contribution in [1.29, 1.82) is 0 Å². The quantitative estimate of drug-likeness (QED) is 0.778. The molecule has 0 aromatic heterocycles. The molecule has 0 radical (unpaired) electrons. The Labute approximate surface area is 131 Å². The Kier molecular flexibility index (Phi) is 4.47. The lowest BCUT2D eigenvalue weighted by atomic mass is 9.85. The second-order valence-electron chi connectivity index (χ2n) is 6.05. The van der Waals surface area contributed by atoms with Crippen molar-refractivity contribution >= 4 is 11.6 Å². The molecule has 2 heteroatoms. The normalized spacial score (nSPS) is 21.0. The van der Waals surface area contributed by atoms with Gasteiger partial charge >= 0.3 is 0 Å². The van der Waals surface area contributed by atoms with E-state index >= 15 is 0 Å². The van der Waals surface area contributed by atoms with Crippen molar-refractivity contribution in [2.24, 2.45) is 11.8 Å². The molecule has 1 aliphatic rings. The van der Waals surface area contributed by atoms with Gasteiger partial charge < -0.3 is 0 Å². The highest BCUT2D eigenvalue weighted by atomic mass is 16.1. The number of carbonyl (C=O) groups excluding carboxylic acids is 2. The van der Waals surface area contributed by atoms with Gasteiger partial charge in [0.05, 0.1) is 0 Å². The lowest BCUT2D eigenvalue weighted by Crippen LogP contribution is -2.20. The largest absolute Gasteiger partial charge is 0.299 e. The third kappa shape index (κ3) is 3.33. The number of rotatable bonds is 5. The topological polar surface area (TPSA) is 34.1 Å². The molecule has 2 nitrogen and oxygen atoms in total. The second-order valence-corrected chi connectivity index (χ2v) is 6.05. The van der Waals surface area contributed by atoms with Gasteiger partial charge in [0.25, 0.3) is 0 Å². The first-order valence-corrected chi connectivity index (χ1v) is 7.89. The first kappa shape index (κ1) is 14.7. The highest BCUT2D eigenvalue weighted by molar-refractivity contribution is 5.99. The molecular weight excluding hydrogens is 272 g/mol. The molecule has 3 rings (SSSR count). The molecule has 0 amide bonds. The van der Waals surface area contributed by atoms with Crippen LogP contribution >= 0.6 is 0 Å². The lowest BCUT2D eigenvalue weighted by Gasteiger charge is -2.18. The number of carbonyl (C=O) groups is 2. The fourth-order valence-corrected chi connectivity index (χ4v) is 3.36. The minimum atomic E-state index is -0.118. The lowest BCUT2D eigenvalue weighted by molar-refractivity contribution is -0.121. The molecule has 1 saturated carbocycles. The Bertz CT molecular complexity index is 646. The Balaban J connectivity index is 1.70. The van der Waals surface area contributed by atoms with Gasteiger partial charge in [-0.05, 0) is 24.3 Å². The molecule has 0 aliphatic heterocycles. The number of benzene rings is 2. The van der Waals surface area contributed by atoms with E-state index in [9.17, 15) is 9.59 Å². The van der Waals surface area contributed by atoms with Crippen molar-refractivity contribution < 1.29 is 9.59 Å². The molecular formula is C20H20O2. The summed E-state index contributed by atoms with van der Waals surface area (Å²) in [6.07, 6.45) is 2.75. The standard InChI is InChI=1S/C20H20O2/c21-19-12-11-17(13-15-7-3-1-4-8-15)18(19)14-20(22)16-9-5-2-6-10-16/h1-10,17-18H,11-14H2/t17-,18-/m1/s1. The van der Waals surface area contributed by atoms with Crippen LogP contribution in [0.25, 0.3) is 0 Å². The SMILES string of the molecule is O=C(C[C@H]1C(=O)CC[C@@H]1Cc1ccccc1)c1ccccc1. The van der Waals surface area contributed by atoms with Crippen LogP contribution in [0.3, 0.4) is 0 Å². The monoisotopic (exact) mass is 292 g/mol. The average Bonchev–Trinajstić information content (AvgIpc) is 2.90. The smallest absolute Gasteiger partial charge is 0.163 e. The van der Waals surface area contributed by atoms with E-state index < -0.39 is 0 Å². The van der Waals surface area contributed by atoms with Gasteiger partial charge in [-0.2, -0.15) is 0 Å². The van der Waals surface area contributed by atoms with Crippen LogP contribution in [0.5, 0.6) is 0 Å². The van der Waals surface area contributed by atoms with Gasteiger partial charge in [0.15, 0.2) is 5.78 Å². The van der Waals surface area contributed by atoms with E-state index in [4.69, 9.17) is 0 Å². The zero-order valence-corrected chi connectivity index (χ0v) is 12.6. The minimum absolute atomic E-state index is 0.0823. The molecule has 22 heavy (non-hydrogen) atoms. The Morgan fingerprint density at radius 1 is 0.955 bits per heavy atom. The van der Waals surface area contributed by atoms with E-state index in [0.717, 1.165) is 12.8 Å². The molecule has 0 heterocycles. The average molecular weight is 292 g/mol. The van der Waals surface area contributed by atoms with Crippen LogP contribution in [0, 0.1) is 11.8 Å². The molecule has 0 unspecified atom stereocenters. The van der Waals surface area contributed by atoms with Crippen LogP contribution in [-0.2, 0) is 11.2 Å². The van der Waals surface area contributed by atoms with Crippen molar-refractivity contribution in [2.45, 2.75) is 25.7 Å².